The Morgan fingerprint density at radius 1 is 1.75 bits per heavy atom. The average Bonchev–Trinajstić information content (AvgIpc) is 2.57. The summed E-state index contributed by atoms with van der Waals surface area (Å²) in [6, 6.07) is 2.63. The van der Waals surface area contributed by atoms with Gasteiger partial charge in [-0.05, 0) is 34.3 Å². The first-order valence-corrected chi connectivity index (χ1v) is 5.02. The molecule has 1 heterocycles. The van der Waals surface area contributed by atoms with Gasteiger partial charge in [0, 0.05) is 6.04 Å². The van der Waals surface area contributed by atoms with Crippen molar-refractivity contribution in [1.29, 1.82) is 0 Å². The van der Waals surface area contributed by atoms with Gasteiger partial charge in [-0.15, -0.1) is 0 Å². The summed E-state index contributed by atoms with van der Waals surface area (Å²) in [7, 11) is 0. The molecule has 2 atom stereocenters. The third-order valence-corrected chi connectivity index (χ3v) is 3.03. The van der Waals surface area contributed by atoms with Crippen molar-refractivity contribution in [2.45, 2.75) is 25.9 Å². The van der Waals surface area contributed by atoms with Crippen molar-refractivity contribution in [3.63, 3.8) is 0 Å². The second-order valence-corrected chi connectivity index (χ2v) is 4.25. The molecule has 0 aromatic carbocycles. The van der Waals surface area contributed by atoms with E-state index in [9.17, 15) is 0 Å². The van der Waals surface area contributed by atoms with Gasteiger partial charge in [-0.2, -0.15) is 0 Å². The molecule has 1 aliphatic rings. The number of furan rings is 1. The van der Waals surface area contributed by atoms with E-state index < -0.39 is 0 Å². The van der Waals surface area contributed by atoms with E-state index in [1.54, 1.807) is 6.26 Å². The summed E-state index contributed by atoms with van der Waals surface area (Å²) in [4.78, 5) is 0. The Hall–Kier alpha value is -0.280. The molecule has 3 heteroatoms. The van der Waals surface area contributed by atoms with Gasteiger partial charge in [0.25, 0.3) is 0 Å². The molecule has 2 nitrogen and oxygen atoms in total. The molecule has 1 N–H and O–H groups in total. The molecule has 0 spiro atoms. The SMILES string of the molecule is C[C@@H]1C[C@H]1NCc1occc1Br. The lowest BCUT2D eigenvalue weighted by molar-refractivity contribution is 0.476. The highest BCUT2D eigenvalue weighted by Crippen LogP contribution is 2.29. The molecule has 1 fully saturated rings. The lowest BCUT2D eigenvalue weighted by Crippen LogP contribution is -2.16. The minimum absolute atomic E-state index is 0.710. The molecule has 1 aliphatic carbocycles. The van der Waals surface area contributed by atoms with E-state index in [-0.39, 0.29) is 0 Å². The Balaban J connectivity index is 1.84. The van der Waals surface area contributed by atoms with Gasteiger partial charge >= 0.3 is 0 Å². The molecule has 1 aromatic heterocycles. The first kappa shape index (κ1) is 8.32. The van der Waals surface area contributed by atoms with Crippen LogP contribution in [0, 0.1) is 5.92 Å². The second kappa shape index (κ2) is 3.23. The number of rotatable bonds is 3. The van der Waals surface area contributed by atoms with Crippen LogP contribution < -0.4 is 5.32 Å². The summed E-state index contributed by atoms with van der Waals surface area (Å²) >= 11 is 3.42. The number of hydrogen-bond acceptors (Lipinski definition) is 2. The zero-order valence-electron chi connectivity index (χ0n) is 7.01. The highest BCUT2D eigenvalue weighted by Gasteiger charge is 2.31. The molecular formula is C9H12BrNO. The van der Waals surface area contributed by atoms with Crippen LogP contribution in [0.15, 0.2) is 21.2 Å². The van der Waals surface area contributed by atoms with Gasteiger partial charge in [0.15, 0.2) is 0 Å². The molecule has 0 saturated heterocycles. The highest BCUT2D eigenvalue weighted by atomic mass is 79.9. The van der Waals surface area contributed by atoms with Crippen LogP contribution in [0.1, 0.15) is 19.1 Å². The molecule has 0 unspecified atom stereocenters. The molecule has 1 aromatic rings. The van der Waals surface area contributed by atoms with E-state index in [0.29, 0.717) is 6.04 Å². The molecule has 0 aliphatic heterocycles. The monoisotopic (exact) mass is 229 g/mol. The second-order valence-electron chi connectivity index (χ2n) is 3.39. The summed E-state index contributed by atoms with van der Waals surface area (Å²) in [6.45, 7) is 3.09. The predicted molar refractivity (Wildman–Crippen MR) is 50.8 cm³/mol. The fourth-order valence-electron chi connectivity index (χ4n) is 1.28. The molecule has 1 saturated carbocycles. The Morgan fingerprint density at radius 3 is 3.00 bits per heavy atom. The van der Waals surface area contributed by atoms with Gasteiger partial charge in [-0.3, -0.25) is 0 Å². The third-order valence-electron chi connectivity index (χ3n) is 2.33. The number of hydrogen-bond donors (Lipinski definition) is 1. The van der Waals surface area contributed by atoms with Crippen molar-refractivity contribution >= 4 is 15.9 Å². The van der Waals surface area contributed by atoms with Crippen molar-refractivity contribution in [3.8, 4) is 0 Å². The van der Waals surface area contributed by atoms with E-state index in [1.807, 2.05) is 6.07 Å². The average molecular weight is 230 g/mol. The van der Waals surface area contributed by atoms with Crippen molar-refractivity contribution in [2.75, 3.05) is 0 Å². The smallest absolute Gasteiger partial charge is 0.131 e. The number of halogens is 1. The van der Waals surface area contributed by atoms with Gasteiger partial charge in [-0.25, -0.2) is 0 Å². The summed E-state index contributed by atoms with van der Waals surface area (Å²) in [5, 5.41) is 3.43. The lowest BCUT2D eigenvalue weighted by Gasteiger charge is -1.99. The van der Waals surface area contributed by atoms with Gasteiger partial charge in [0.05, 0.1) is 17.3 Å². The van der Waals surface area contributed by atoms with Crippen LogP contribution in [-0.4, -0.2) is 6.04 Å². The van der Waals surface area contributed by atoms with Crippen molar-refractivity contribution < 1.29 is 4.42 Å². The summed E-state index contributed by atoms with van der Waals surface area (Å²) in [5.41, 5.74) is 0. The Morgan fingerprint density at radius 2 is 2.50 bits per heavy atom. The van der Waals surface area contributed by atoms with Gasteiger partial charge in [0.1, 0.15) is 5.76 Å². The van der Waals surface area contributed by atoms with Gasteiger partial charge < -0.3 is 9.73 Å². The van der Waals surface area contributed by atoms with Crippen LogP contribution >= 0.6 is 15.9 Å². The van der Waals surface area contributed by atoms with Crippen LogP contribution in [0.5, 0.6) is 0 Å². The Labute approximate surface area is 80.5 Å². The molecule has 0 amide bonds. The van der Waals surface area contributed by atoms with Crippen LogP contribution in [0.2, 0.25) is 0 Å². The zero-order chi connectivity index (χ0) is 8.55. The maximum atomic E-state index is 5.27. The molecule has 0 bridgehead atoms. The quantitative estimate of drug-likeness (QED) is 0.863. The van der Waals surface area contributed by atoms with Crippen molar-refractivity contribution in [1.82, 2.24) is 5.32 Å². The standard InChI is InChI=1S/C9H12BrNO/c1-6-4-8(6)11-5-9-7(10)2-3-12-9/h2-3,6,8,11H,4-5H2,1H3/t6-,8-/m1/s1. The summed E-state index contributed by atoms with van der Waals surface area (Å²) < 4.78 is 6.33. The lowest BCUT2D eigenvalue weighted by atomic mass is 10.4. The minimum Gasteiger partial charge on any atom is -0.467 e. The summed E-state index contributed by atoms with van der Waals surface area (Å²) in [6.07, 6.45) is 3.01. The number of nitrogens with one attached hydrogen (secondary N) is 1. The normalized spacial score (nSPS) is 27.5. The summed E-state index contributed by atoms with van der Waals surface area (Å²) in [5.74, 6) is 1.84. The molecule has 0 radical (unpaired) electrons. The van der Waals surface area contributed by atoms with Gasteiger partial charge in [0.2, 0.25) is 0 Å². The van der Waals surface area contributed by atoms with Crippen LogP contribution in [-0.2, 0) is 6.54 Å². The fraction of sp³-hybridized carbons (Fsp3) is 0.556. The van der Waals surface area contributed by atoms with E-state index in [1.165, 1.54) is 6.42 Å². The first-order valence-electron chi connectivity index (χ1n) is 4.22. The van der Waals surface area contributed by atoms with Crippen molar-refractivity contribution in [3.05, 3.63) is 22.6 Å². The largest absolute Gasteiger partial charge is 0.467 e. The van der Waals surface area contributed by atoms with Gasteiger partial charge in [-0.1, -0.05) is 6.92 Å². The maximum absolute atomic E-state index is 5.27. The Bertz CT molecular complexity index is 271. The molecule has 2 rings (SSSR count). The third kappa shape index (κ3) is 1.72. The van der Waals surface area contributed by atoms with E-state index in [2.05, 4.69) is 28.2 Å². The van der Waals surface area contributed by atoms with Crippen LogP contribution in [0.4, 0.5) is 0 Å². The topological polar surface area (TPSA) is 25.2 Å². The minimum atomic E-state index is 0.710. The van der Waals surface area contributed by atoms with E-state index in [0.717, 1.165) is 22.7 Å². The van der Waals surface area contributed by atoms with Crippen LogP contribution in [0.3, 0.4) is 0 Å². The van der Waals surface area contributed by atoms with E-state index >= 15 is 0 Å². The van der Waals surface area contributed by atoms with E-state index in [4.69, 9.17) is 4.42 Å². The Kier molecular flexibility index (Phi) is 2.24. The maximum Gasteiger partial charge on any atom is 0.131 e. The molecule has 66 valence electrons. The first-order chi connectivity index (χ1) is 5.77. The molecular weight excluding hydrogens is 218 g/mol. The molecule has 12 heavy (non-hydrogen) atoms. The van der Waals surface area contributed by atoms with Crippen LogP contribution in [0.25, 0.3) is 0 Å². The zero-order valence-corrected chi connectivity index (χ0v) is 8.60. The van der Waals surface area contributed by atoms with Crippen molar-refractivity contribution in [2.24, 2.45) is 5.92 Å². The predicted octanol–water partition coefficient (Wildman–Crippen LogP) is 2.54. The fourth-order valence-corrected chi connectivity index (χ4v) is 1.62. The highest BCUT2D eigenvalue weighted by molar-refractivity contribution is 9.10.